The topological polar surface area (TPSA) is 64.7 Å². The van der Waals surface area contributed by atoms with Gasteiger partial charge in [0.1, 0.15) is 11.9 Å². The van der Waals surface area contributed by atoms with Crippen molar-refractivity contribution in [2.24, 2.45) is 7.05 Å². The number of nitrogens with one attached hydrogen (secondary N) is 1. The molecular weight excluding hydrogens is 314 g/mol. The first-order valence-corrected chi connectivity index (χ1v) is 8.68. The van der Waals surface area contributed by atoms with Gasteiger partial charge < -0.3 is 9.88 Å². The van der Waals surface area contributed by atoms with Crippen LogP contribution in [0.3, 0.4) is 0 Å². The lowest BCUT2D eigenvalue weighted by Gasteiger charge is -2.14. The molecule has 0 aliphatic rings. The predicted octanol–water partition coefficient (Wildman–Crippen LogP) is 2.70. The van der Waals surface area contributed by atoms with Gasteiger partial charge in [0.05, 0.1) is 16.7 Å². The maximum absolute atomic E-state index is 12.3. The molecule has 0 spiro atoms. The van der Waals surface area contributed by atoms with Crippen LogP contribution in [-0.2, 0) is 18.3 Å². The Kier molecular flexibility index (Phi) is 4.88. The molecule has 0 fully saturated rings. The van der Waals surface area contributed by atoms with Crippen LogP contribution < -0.4 is 5.32 Å². The second kappa shape index (κ2) is 7.09. The van der Waals surface area contributed by atoms with Gasteiger partial charge in [-0.15, -0.1) is 0 Å². The van der Waals surface area contributed by atoms with E-state index in [4.69, 9.17) is 0 Å². The van der Waals surface area contributed by atoms with E-state index >= 15 is 0 Å². The zero-order valence-electron chi connectivity index (χ0n) is 15.3. The molecule has 25 heavy (non-hydrogen) atoms. The largest absolute Gasteiger partial charge is 0.354 e. The fraction of sp³-hybridized carbons (Fsp3) is 0.421. The van der Waals surface area contributed by atoms with Gasteiger partial charge in [0, 0.05) is 25.7 Å². The molecule has 0 saturated heterocycles. The summed E-state index contributed by atoms with van der Waals surface area (Å²) in [5.41, 5.74) is 4.08. The number of carbonyl (C=O) groups excluding carboxylic acids is 1. The molecule has 3 rings (SSSR count). The Hall–Kier alpha value is -2.63. The summed E-state index contributed by atoms with van der Waals surface area (Å²) in [5, 5.41) is 7.39. The molecule has 3 aromatic rings. The van der Waals surface area contributed by atoms with Gasteiger partial charge in [0.15, 0.2) is 0 Å². The van der Waals surface area contributed by atoms with Crippen molar-refractivity contribution >= 4 is 16.9 Å². The molecule has 2 heterocycles. The van der Waals surface area contributed by atoms with Crippen LogP contribution in [0.1, 0.15) is 36.6 Å². The highest BCUT2D eigenvalue weighted by Crippen LogP contribution is 2.15. The molecule has 0 aliphatic carbocycles. The lowest BCUT2D eigenvalue weighted by Crippen LogP contribution is -2.32. The first kappa shape index (κ1) is 17.2. The molecular formula is C19H25N5O. The van der Waals surface area contributed by atoms with Crippen LogP contribution in [0.5, 0.6) is 0 Å². The number of aryl methyl sites for hydroxylation is 4. The van der Waals surface area contributed by atoms with Gasteiger partial charge in [-0.1, -0.05) is 12.1 Å². The third kappa shape index (κ3) is 3.57. The Morgan fingerprint density at radius 2 is 2.04 bits per heavy atom. The molecule has 1 atom stereocenters. The molecule has 0 radical (unpaired) electrons. The van der Waals surface area contributed by atoms with Crippen molar-refractivity contribution in [1.29, 1.82) is 0 Å². The minimum absolute atomic E-state index is 0.00352. The van der Waals surface area contributed by atoms with Gasteiger partial charge in [-0.2, -0.15) is 5.10 Å². The van der Waals surface area contributed by atoms with Crippen molar-refractivity contribution in [3.05, 3.63) is 47.5 Å². The van der Waals surface area contributed by atoms with E-state index in [2.05, 4.69) is 26.0 Å². The summed E-state index contributed by atoms with van der Waals surface area (Å²) in [4.78, 5) is 17.0. The average molecular weight is 339 g/mol. The van der Waals surface area contributed by atoms with E-state index in [1.165, 1.54) is 0 Å². The number of amides is 1. The Morgan fingerprint density at radius 1 is 1.28 bits per heavy atom. The monoisotopic (exact) mass is 339 g/mol. The maximum atomic E-state index is 12.3. The highest BCUT2D eigenvalue weighted by Gasteiger charge is 2.17. The van der Waals surface area contributed by atoms with Crippen molar-refractivity contribution in [2.75, 3.05) is 6.54 Å². The van der Waals surface area contributed by atoms with Crippen LogP contribution >= 0.6 is 0 Å². The van der Waals surface area contributed by atoms with Crippen molar-refractivity contribution in [3.63, 3.8) is 0 Å². The van der Waals surface area contributed by atoms with E-state index in [9.17, 15) is 4.79 Å². The average Bonchev–Trinajstić information content (AvgIpc) is 3.10. The van der Waals surface area contributed by atoms with Crippen LogP contribution in [0.15, 0.2) is 30.3 Å². The summed E-state index contributed by atoms with van der Waals surface area (Å²) in [7, 11) is 2.04. The Morgan fingerprint density at radius 3 is 2.72 bits per heavy atom. The third-order valence-corrected chi connectivity index (χ3v) is 4.55. The van der Waals surface area contributed by atoms with Gasteiger partial charge in [-0.25, -0.2) is 4.98 Å². The third-order valence-electron chi connectivity index (χ3n) is 4.55. The molecule has 0 bridgehead atoms. The zero-order chi connectivity index (χ0) is 18.0. The summed E-state index contributed by atoms with van der Waals surface area (Å²) in [6.45, 7) is 6.41. The van der Waals surface area contributed by atoms with E-state index in [1.807, 2.05) is 52.1 Å². The van der Waals surface area contributed by atoms with Gasteiger partial charge >= 0.3 is 0 Å². The number of fused-ring (bicyclic) bond motifs is 1. The van der Waals surface area contributed by atoms with Crippen LogP contribution in [0, 0.1) is 13.8 Å². The number of imidazole rings is 1. The number of hydrogen-bond acceptors (Lipinski definition) is 3. The number of nitrogens with zero attached hydrogens (tertiary/aromatic N) is 4. The normalized spacial score (nSPS) is 12.5. The predicted molar refractivity (Wildman–Crippen MR) is 98.5 cm³/mol. The number of rotatable bonds is 6. The SMILES string of the molecule is Cc1cc(C)n([C@@H](C)C(=O)NCCCc2nc3ccccc3n2C)n1. The number of aromatic nitrogens is 4. The maximum Gasteiger partial charge on any atom is 0.244 e. The highest BCUT2D eigenvalue weighted by atomic mass is 16.2. The smallest absolute Gasteiger partial charge is 0.244 e. The first-order chi connectivity index (χ1) is 12.0. The summed E-state index contributed by atoms with van der Waals surface area (Å²) >= 11 is 0. The molecule has 0 aliphatic heterocycles. The minimum Gasteiger partial charge on any atom is -0.354 e. The highest BCUT2D eigenvalue weighted by molar-refractivity contribution is 5.79. The van der Waals surface area contributed by atoms with E-state index in [1.54, 1.807) is 4.68 Å². The molecule has 1 N–H and O–H groups in total. The first-order valence-electron chi connectivity index (χ1n) is 8.68. The Bertz CT molecular complexity index is 892. The fourth-order valence-corrected chi connectivity index (χ4v) is 3.17. The van der Waals surface area contributed by atoms with E-state index in [-0.39, 0.29) is 11.9 Å². The van der Waals surface area contributed by atoms with Crippen molar-refractivity contribution in [3.8, 4) is 0 Å². The van der Waals surface area contributed by atoms with E-state index in [0.717, 1.165) is 41.1 Å². The van der Waals surface area contributed by atoms with Crippen LogP contribution in [-0.4, -0.2) is 31.8 Å². The second-order valence-corrected chi connectivity index (χ2v) is 6.52. The molecule has 1 aromatic carbocycles. The quantitative estimate of drug-likeness (QED) is 0.702. The number of benzene rings is 1. The fourth-order valence-electron chi connectivity index (χ4n) is 3.17. The van der Waals surface area contributed by atoms with E-state index < -0.39 is 0 Å². The summed E-state index contributed by atoms with van der Waals surface area (Å²) in [6.07, 6.45) is 1.69. The van der Waals surface area contributed by atoms with Gasteiger partial charge in [-0.05, 0) is 45.4 Å². The minimum atomic E-state index is -0.301. The molecule has 2 aromatic heterocycles. The van der Waals surface area contributed by atoms with Gasteiger partial charge in [0.25, 0.3) is 0 Å². The molecule has 6 heteroatoms. The molecule has 0 unspecified atom stereocenters. The molecule has 6 nitrogen and oxygen atoms in total. The van der Waals surface area contributed by atoms with Gasteiger partial charge in [0.2, 0.25) is 5.91 Å². The Labute approximate surface area is 147 Å². The lowest BCUT2D eigenvalue weighted by atomic mass is 10.2. The zero-order valence-corrected chi connectivity index (χ0v) is 15.3. The number of hydrogen-bond donors (Lipinski definition) is 1. The lowest BCUT2D eigenvalue weighted by molar-refractivity contribution is -0.124. The van der Waals surface area contributed by atoms with Crippen LogP contribution in [0.2, 0.25) is 0 Å². The molecule has 132 valence electrons. The van der Waals surface area contributed by atoms with Gasteiger partial charge in [-0.3, -0.25) is 9.48 Å². The standard InChI is InChI=1S/C19H25N5O/c1-13-12-14(2)24(22-13)15(3)19(25)20-11-7-10-18-21-16-8-5-6-9-17(16)23(18)4/h5-6,8-9,12,15H,7,10-11H2,1-4H3,(H,20,25)/t15-/m0/s1. The van der Waals surface area contributed by atoms with Crippen molar-refractivity contribution in [2.45, 2.75) is 39.7 Å². The van der Waals surface area contributed by atoms with Crippen molar-refractivity contribution < 1.29 is 4.79 Å². The molecule has 0 saturated carbocycles. The summed E-state index contributed by atoms with van der Waals surface area (Å²) in [5.74, 6) is 1.04. The van der Waals surface area contributed by atoms with Crippen molar-refractivity contribution in [1.82, 2.24) is 24.6 Å². The van der Waals surface area contributed by atoms with Crippen LogP contribution in [0.25, 0.3) is 11.0 Å². The summed E-state index contributed by atoms with van der Waals surface area (Å²) in [6, 6.07) is 9.80. The molecule has 1 amide bonds. The van der Waals surface area contributed by atoms with Crippen LogP contribution in [0.4, 0.5) is 0 Å². The summed E-state index contributed by atoms with van der Waals surface area (Å²) < 4.78 is 3.89. The number of carbonyl (C=O) groups is 1. The second-order valence-electron chi connectivity index (χ2n) is 6.52. The van der Waals surface area contributed by atoms with E-state index in [0.29, 0.717) is 6.54 Å². The number of para-hydroxylation sites is 2. The Balaban J connectivity index is 1.53.